The Bertz CT molecular complexity index is 996. The van der Waals surface area contributed by atoms with Crippen LogP contribution >= 0.6 is 0 Å². The normalized spacial score (nSPS) is 18.5. The Hall–Kier alpha value is -2.91. The first kappa shape index (κ1) is 22.3. The number of carbonyl (C=O) groups is 1. The zero-order chi connectivity index (χ0) is 22.3. The Labute approximate surface area is 192 Å². The molecule has 2 atom stereocenters. The van der Waals surface area contributed by atoms with Gasteiger partial charge in [0.15, 0.2) is 0 Å². The second-order valence-corrected chi connectivity index (χ2v) is 9.13. The summed E-state index contributed by atoms with van der Waals surface area (Å²) in [7, 11) is 0. The SMILES string of the molecule is Cc1cc(C)cc(C(=O)N2CC[C@H](NCCc3ccccc3)C[C@@H]2Cc2ccccc2)c1. The molecule has 3 aromatic rings. The van der Waals surface area contributed by atoms with Gasteiger partial charge in [0, 0.05) is 24.2 Å². The van der Waals surface area contributed by atoms with E-state index in [1.165, 1.54) is 11.1 Å². The molecule has 1 N–H and O–H groups in total. The van der Waals surface area contributed by atoms with Gasteiger partial charge in [-0.3, -0.25) is 4.79 Å². The van der Waals surface area contributed by atoms with Crippen molar-refractivity contribution in [2.45, 2.75) is 51.6 Å². The largest absolute Gasteiger partial charge is 0.335 e. The molecule has 1 heterocycles. The summed E-state index contributed by atoms with van der Waals surface area (Å²) < 4.78 is 0. The van der Waals surface area contributed by atoms with Crippen LogP contribution in [0.2, 0.25) is 0 Å². The van der Waals surface area contributed by atoms with Crippen molar-refractivity contribution in [1.29, 1.82) is 0 Å². The van der Waals surface area contributed by atoms with Crippen LogP contribution in [0.5, 0.6) is 0 Å². The van der Waals surface area contributed by atoms with Crippen LogP contribution in [0.1, 0.15) is 45.5 Å². The summed E-state index contributed by atoms with van der Waals surface area (Å²) in [6.07, 6.45) is 3.91. The van der Waals surface area contributed by atoms with Crippen molar-refractivity contribution < 1.29 is 4.79 Å². The molecule has 0 spiro atoms. The summed E-state index contributed by atoms with van der Waals surface area (Å²) in [6, 6.07) is 28.0. The number of hydrogen-bond acceptors (Lipinski definition) is 2. The van der Waals surface area contributed by atoms with Crippen molar-refractivity contribution in [3.8, 4) is 0 Å². The second-order valence-electron chi connectivity index (χ2n) is 9.13. The van der Waals surface area contributed by atoms with Crippen molar-refractivity contribution >= 4 is 5.91 Å². The van der Waals surface area contributed by atoms with Gasteiger partial charge < -0.3 is 10.2 Å². The number of rotatable bonds is 7. The lowest BCUT2D eigenvalue weighted by Crippen LogP contribution is -2.52. The van der Waals surface area contributed by atoms with E-state index in [0.717, 1.165) is 55.5 Å². The lowest BCUT2D eigenvalue weighted by molar-refractivity contribution is 0.0577. The van der Waals surface area contributed by atoms with E-state index in [1.807, 2.05) is 12.1 Å². The molecule has 166 valence electrons. The van der Waals surface area contributed by atoms with Gasteiger partial charge in [-0.05, 0) is 69.3 Å². The summed E-state index contributed by atoms with van der Waals surface area (Å²) in [5.41, 5.74) is 5.76. The number of hydrogen-bond donors (Lipinski definition) is 1. The van der Waals surface area contributed by atoms with E-state index < -0.39 is 0 Å². The van der Waals surface area contributed by atoms with Crippen LogP contribution in [0, 0.1) is 13.8 Å². The Morgan fingerprint density at radius 2 is 1.53 bits per heavy atom. The van der Waals surface area contributed by atoms with Crippen molar-refractivity contribution in [2.75, 3.05) is 13.1 Å². The molecule has 0 aromatic heterocycles. The van der Waals surface area contributed by atoms with Gasteiger partial charge in [-0.1, -0.05) is 77.9 Å². The van der Waals surface area contributed by atoms with Gasteiger partial charge in [-0.2, -0.15) is 0 Å². The first-order valence-electron chi connectivity index (χ1n) is 11.8. The Balaban J connectivity index is 1.45. The first-order valence-corrected chi connectivity index (χ1v) is 11.8. The molecule has 0 bridgehead atoms. The molecule has 4 rings (SSSR count). The molecule has 0 aliphatic carbocycles. The lowest BCUT2D eigenvalue weighted by atomic mass is 9.91. The molecule has 3 heteroatoms. The molecule has 1 saturated heterocycles. The highest BCUT2D eigenvalue weighted by Crippen LogP contribution is 2.24. The van der Waals surface area contributed by atoms with Crippen LogP contribution in [-0.4, -0.2) is 36.0 Å². The number of amides is 1. The van der Waals surface area contributed by atoms with Crippen molar-refractivity contribution in [3.05, 3.63) is 107 Å². The quantitative estimate of drug-likeness (QED) is 0.552. The molecule has 0 saturated carbocycles. The molecule has 32 heavy (non-hydrogen) atoms. The van der Waals surface area contributed by atoms with E-state index in [0.29, 0.717) is 6.04 Å². The topological polar surface area (TPSA) is 32.3 Å². The third kappa shape index (κ3) is 5.86. The van der Waals surface area contributed by atoms with E-state index in [1.54, 1.807) is 0 Å². The minimum Gasteiger partial charge on any atom is -0.335 e. The monoisotopic (exact) mass is 426 g/mol. The van der Waals surface area contributed by atoms with Crippen LogP contribution < -0.4 is 5.32 Å². The second kappa shape index (κ2) is 10.6. The minimum absolute atomic E-state index is 0.167. The molecule has 3 aromatic carbocycles. The Kier molecular flexibility index (Phi) is 7.39. The molecule has 0 radical (unpaired) electrons. The molecular weight excluding hydrogens is 392 g/mol. The molecule has 3 nitrogen and oxygen atoms in total. The molecular formula is C29H34N2O. The van der Waals surface area contributed by atoms with Gasteiger partial charge in [0.25, 0.3) is 5.91 Å². The molecule has 0 unspecified atom stereocenters. The fraction of sp³-hybridized carbons (Fsp3) is 0.345. The number of nitrogens with one attached hydrogen (secondary N) is 1. The summed E-state index contributed by atoms with van der Waals surface area (Å²) in [5.74, 6) is 0.167. The highest BCUT2D eigenvalue weighted by Gasteiger charge is 2.32. The smallest absolute Gasteiger partial charge is 0.254 e. The van der Waals surface area contributed by atoms with E-state index in [4.69, 9.17) is 0 Å². The molecule has 1 aliphatic heterocycles. The predicted molar refractivity (Wildman–Crippen MR) is 132 cm³/mol. The van der Waals surface area contributed by atoms with Gasteiger partial charge >= 0.3 is 0 Å². The number of benzene rings is 3. The number of carbonyl (C=O) groups excluding carboxylic acids is 1. The van der Waals surface area contributed by atoms with E-state index in [9.17, 15) is 4.79 Å². The number of piperidine rings is 1. The number of aryl methyl sites for hydroxylation is 2. The zero-order valence-electron chi connectivity index (χ0n) is 19.3. The average molecular weight is 427 g/mol. The Morgan fingerprint density at radius 3 is 2.19 bits per heavy atom. The van der Waals surface area contributed by atoms with Crippen LogP contribution in [0.15, 0.2) is 78.9 Å². The maximum atomic E-state index is 13.5. The summed E-state index contributed by atoms with van der Waals surface area (Å²) in [6.45, 7) is 5.90. The van der Waals surface area contributed by atoms with Crippen molar-refractivity contribution in [2.24, 2.45) is 0 Å². The van der Waals surface area contributed by atoms with E-state index >= 15 is 0 Å². The maximum absolute atomic E-state index is 13.5. The van der Waals surface area contributed by atoms with Crippen LogP contribution in [0.3, 0.4) is 0 Å². The lowest BCUT2D eigenvalue weighted by Gasteiger charge is -2.40. The minimum atomic E-state index is 0.167. The van der Waals surface area contributed by atoms with Gasteiger partial charge in [0.2, 0.25) is 0 Å². The van der Waals surface area contributed by atoms with Crippen LogP contribution in [0.25, 0.3) is 0 Å². The molecule has 1 fully saturated rings. The third-order valence-electron chi connectivity index (χ3n) is 6.45. The van der Waals surface area contributed by atoms with Crippen molar-refractivity contribution in [3.63, 3.8) is 0 Å². The zero-order valence-corrected chi connectivity index (χ0v) is 19.3. The highest BCUT2D eigenvalue weighted by molar-refractivity contribution is 5.95. The number of nitrogens with zero attached hydrogens (tertiary/aromatic N) is 1. The van der Waals surface area contributed by atoms with Gasteiger partial charge in [0.05, 0.1) is 0 Å². The maximum Gasteiger partial charge on any atom is 0.254 e. The van der Waals surface area contributed by atoms with E-state index in [2.05, 4.69) is 90.8 Å². The number of likely N-dealkylation sites (tertiary alicyclic amines) is 1. The first-order chi connectivity index (χ1) is 15.6. The summed E-state index contributed by atoms with van der Waals surface area (Å²) >= 11 is 0. The van der Waals surface area contributed by atoms with Crippen molar-refractivity contribution in [1.82, 2.24) is 10.2 Å². The highest BCUT2D eigenvalue weighted by atomic mass is 16.2. The van der Waals surface area contributed by atoms with Gasteiger partial charge in [-0.25, -0.2) is 0 Å². The summed E-state index contributed by atoms with van der Waals surface area (Å²) in [4.78, 5) is 15.6. The molecule has 1 aliphatic rings. The molecule has 1 amide bonds. The fourth-order valence-corrected chi connectivity index (χ4v) is 4.91. The van der Waals surface area contributed by atoms with E-state index in [-0.39, 0.29) is 11.9 Å². The van der Waals surface area contributed by atoms with Gasteiger partial charge in [0.1, 0.15) is 0 Å². The van der Waals surface area contributed by atoms with Crippen LogP contribution in [0.4, 0.5) is 0 Å². The van der Waals surface area contributed by atoms with Gasteiger partial charge in [-0.15, -0.1) is 0 Å². The standard InChI is InChI=1S/C29H34N2O/c1-22-17-23(2)19-26(18-22)29(32)31-16-14-27(30-15-13-24-9-5-3-6-10-24)21-28(31)20-25-11-7-4-8-12-25/h3-12,17-19,27-28,30H,13-16,20-21H2,1-2H3/t27-,28-/m0/s1. The Morgan fingerprint density at radius 1 is 0.906 bits per heavy atom. The van der Waals surface area contributed by atoms with Crippen LogP contribution in [-0.2, 0) is 12.8 Å². The average Bonchev–Trinajstić information content (AvgIpc) is 2.80. The summed E-state index contributed by atoms with van der Waals surface area (Å²) in [5, 5.41) is 3.77. The predicted octanol–water partition coefficient (Wildman–Crippen LogP) is 5.35. The fourth-order valence-electron chi connectivity index (χ4n) is 4.91. The third-order valence-corrected chi connectivity index (χ3v) is 6.45.